The molecule has 0 radical (unpaired) electrons. The van der Waals surface area contributed by atoms with Gasteiger partial charge in [0, 0.05) is 5.92 Å². The molecule has 1 atom stereocenters. The zero-order valence-electron chi connectivity index (χ0n) is 18.2. The van der Waals surface area contributed by atoms with Crippen molar-refractivity contribution in [2.45, 2.75) is 117 Å². The average molecular weight is 385 g/mol. The zero-order valence-corrected chi connectivity index (χ0v) is 18.2. The maximum Gasteiger partial charge on any atom is 0.286 e. The summed E-state index contributed by atoms with van der Waals surface area (Å²) in [7, 11) is 0. The fourth-order valence-electron chi connectivity index (χ4n) is 3.77. The van der Waals surface area contributed by atoms with Gasteiger partial charge in [-0.05, 0) is 19.3 Å². The summed E-state index contributed by atoms with van der Waals surface area (Å²) in [5.41, 5.74) is 0. The normalized spacial score (nSPS) is 18.0. The van der Waals surface area contributed by atoms with Gasteiger partial charge in [-0.25, -0.2) is 0 Å². The van der Waals surface area contributed by atoms with E-state index in [1.165, 1.54) is 57.8 Å². The Balaban J connectivity index is 2.24. The van der Waals surface area contributed by atoms with Gasteiger partial charge in [-0.15, -0.1) is 0 Å². The van der Waals surface area contributed by atoms with Crippen LogP contribution in [0.25, 0.3) is 0 Å². The van der Waals surface area contributed by atoms with Crippen LogP contribution in [-0.2, 0) is 19.0 Å². The Hall–Kier alpha value is -0.450. The predicted molar refractivity (Wildman–Crippen MR) is 111 cm³/mol. The molecule has 0 bridgehead atoms. The van der Waals surface area contributed by atoms with E-state index in [-0.39, 0.29) is 24.9 Å². The van der Waals surface area contributed by atoms with Gasteiger partial charge in [-0.3, -0.25) is 4.79 Å². The summed E-state index contributed by atoms with van der Waals surface area (Å²) in [4.78, 5) is 11.5. The third-order valence-corrected chi connectivity index (χ3v) is 5.57. The predicted octanol–water partition coefficient (Wildman–Crippen LogP) is 6.41. The fraction of sp³-hybridized carbons (Fsp3) is 0.957. The molecule has 0 aliphatic carbocycles. The number of carbonyl (C=O) groups is 1. The second-order valence-electron chi connectivity index (χ2n) is 8.00. The van der Waals surface area contributed by atoms with Gasteiger partial charge in [0.25, 0.3) is 5.97 Å². The van der Waals surface area contributed by atoms with Crippen molar-refractivity contribution in [2.75, 3.05) is 19.8 Å². The molecule has 0 spiro atoms. The number of unbranched alkanes of at least 4 members (excludes halogenated alkanes) is 10. The maximum atomic E-state index is 11.5. The second kappa shape index (κ2) is 15.5. The van der Waals surface area contributed by atoms with Gasteiger partial charge >= 0.3 is 0 Å². The molecule has 1 unspecified atom stereocenters. The summed E-state index contributed by atoms with van der Waals surface area (Å²) < 4.78 is 17.8. The molecule has 0 aromatic heterocycles. The average Bonchev–Trinajstić information content (AvgIpc) is 2.68. The SMILES string of the molecule is CCCCCCCCCCCCOC1(C(CC)CCCC)OCC(=O)CO1. The highest BCUT2D eigenvalue weighted by atomic mass is 16.9. The molecule has 160 valence electrons. The van der Waals surface area contributed by atoms with Crippen molar-refractivity contribution in [2.24, 2.45) is 5.92 Å². The fourth-order valence-corrected chi connectivity index (χ4v) is 3.77. The van der Waals surface area contributed by atoms with Crippen LogP contribution in [0.2, 0.25) is 0 Å². The first kappa shape index (κ1) is 24.6. The Morgan fingerprint density at radius 3 is 1.85 bits per heavy atom. The van der Waals surface area contributed by atoms with Crippen molar-refractivity contribution < 1.29 is 19.0 Å². The molecular weight excluding hydrogens is 340 g/mol. The van der Waals surface area contributed by atoms with E-state index in [9.17, 15) is 4.79 Å². The van der Waals surface area contributed by atoms with Gasteiger partial charge in [0.05, 0.1) is 6.61 Å². The molecule has 1 aliphatic rings. The number of hydrogen-bond acceptors (Lipinski definition) is 4. The second-order valence-corrected chi connectivity index (χ2v) is 8.00. The van der Waals surface area contributed by atoms with Crippen molar-refractivity contribution in [3.8, 4) is 0 Å². The summed E-state index contributed by atoms with van der Waals surface area (Å²) in [5, 5.41) is 0. The highest BCUT2D eigenvalue weighted by Crippen LogP contribution is 2.34. The molecule has 4 nitrogen and oxygen atoms in total. The quantitative estimate of drug-likeness (QED) is 0.272. The first-order valence-electron chi connectivity index (χ1n) is 11.6. The van der Waals surface area contributed by atoms with E-state index in [2.05, 4.69) is 20.8 Å². The number of carbonyl (C=O) groups excluding carboxylic acids is 1. The van der Waals surface area contributed by atoms with Gasteiger partial charge in [-0.2, -0.15) is 0 Å². The summed E-state index contributed by atoms with van der Waals surface area (Å²) >= 11 is 0. The molecule has 27 heavy (non-hydrogen) atoms. The van der Waals surface area contributed by atoms with E-state index in [1.54, 1.807) is 0 Å². The number of hydrogen-bond donors (Lipinski definition) is 0. The summed E-state index contributed by atoms with van der Waals surface area (Å²) in [6, 6.07) is 0. The van der Waals surface area contributed by atoms with Crippen molar-refractivity contribution in [1.82, 2.24) is 0 Å². The first-order valence-corrected chi connectivity index (χ1v) is 11.6. The van der Waals surface area contributed by atoms with Gasteiger partial charge in [0.2, 0.25) is 0 Å². The van der Waals surface area contributed by atoms with E-state index in [0.29, 0.717) is 6.61 Å². The molecule has 1 heterocycles. The van der Waals surface area contributed by atoms with Crippen molar-refractivity contribution in [3.05, 3.63) is 0 Å². The Kier molecular flexibility index (Phi) is 14.1. The highest BCUT2D eigenvalue weighted by Gasteiger charge is 2.44. The van der Waals surface area contributed by atoms with Crippen LogP contribution in [0.15, 0.2) is 0 Å². The van der Waals surface area contributed by atoms with Crippen LogP contribution in [0.1, 0.15) is 111 Å². The summed E-state index contributed by atoms with van der Waals surface area (Å²) in [6.07, 6.45) is 17.3. The van der Waals surface area contributed by atoms with Crippen LogP contribution in [0, 0.1) is 5.92 Å². The lowest BCUT2D eigenvalue weighted by Gasteiger charge is -2.41. The third-order valence-electron chi connectivity index (χ3n) is 5.57. The zero-order chi connectivity index (χ0) is 19.8. The Bertz CT molecular complexity index is 359. The van der Waals surface area contributed by atoms with Gasteiger partial charge in [-0.1, -0.05) is 91.4 Å². The Labute approximate surface area is 167 Å². The van der Waals surface area contributed by atoms with E-state index in [1.807, 2.05) is 0 Å². The minimum absolute atomic E-state index is 0.00138. The third kappa shape index (κ3) is 10.0. The van der Waals surface area contributed by atoms with Crippen LogP contribution >= 0.6 is 0 Å². The lowest BCUT2D eigenvalue weighted by molar-refractivity contribution is -0.411. The van der Waals surface area contributed by atoms with Crippen LogP contribution in [0.5, 0.6) is 0 Å². The number of ether oxygens (including phenoxy) is 3. The molecule has 1 aliphatic heterocycles. The van der Waals surface area contributed by atoms with Crippen LogP contribution in [-0.4, -0.2) is 31.6 Å². The Morgan fingerprint density at radius 2 is 1.33 bits per heavy atom. The molecule has 1 fully saturated rings. The van der Waals surface area contributed by atoms with E-state index in [0.717, 1.165) is 32.1 Å². The molecule has 0 aromatic carbocycles. The topological polar surface area (TPSA) is 44.8 Å². The van der Waals surface area contributed by atoms with Crippen molar-refractivity contribution in [1.29, 1.82) is 0 Å². The standard InChI is InChI=1S/C23H44O4/c1-4-7-9-10-11-12-13-14-15-16-18-25-23(21(6-3)17-8-5-2)26-19-22(24)20-27-23/h21H,4-20H2,1-3H3. The van der Waals surface area contributed by atoms with Gasteiger partial charge in [0.15, 0.2) is 5.78 Å². The monoisotopic (exact) mass is 384 g/mol. The molecule has 0 N–H and O–H groups in total. The molecule has 4 heteroatoms. The van der Waals surface area contributed by atoms with Crippen LogP contribution in [0.3, 0.4) is 0 Å². The Morgan fingerprint density at radius 1 is 0.815 bits per heavy atom. The first-order chi connectivity index (χ1) is 13.2. The van der Waals surface area contributed by atoms with Crippen molar-refractivity contribution in [3.63, 3.8) is 0 Å². The number of rotatable bonds is 17. The minimum atomic E-state index is -1.00. The summed E-state index contributed by atoms with van der Waals surface area (Å²) in [5.74, 6) is -0.816. The maximum absolute atomic E-state index is 11.5. The molecule has 0 saturated carbocycles. The minimum Gasteiger partial charge on any atom is -0.327 e. The largest absolute Gasteiger partial charge is 0.327 e. The summed E-state index contributed by atoms with van der Waals surface area (Å²) in [6.45, 7) is 7.47. The molecule has 1 saturated heterocycles. The molecule has 0 amide bonds. The van der Waals surface area contributed by atoms with E-state index >= 15 is 0 Å². The number of Topliss-reactive ketones (excluding diaryl/α,β-unsaturated/α-hetero) is 1. The lowest BCUT2D eigenvalue weighted by atomic mass is 9.96. The van der Waals surface area contributed by atoms with Gasteiger partial charge in [0.1, 0.15) is 13.2 Å². The van der Waals surface area contributed by atoms with Crippen molar-refractivity contribution >= 4 is 5.78 Å². The molecule has 0 aromatic rings. The lowest BCUT2D eigenvalue weighted by Crippen LogP contribution is -2.52. The van der Waals surface area contributed by atoms with E-state index in [4.69, 9.17) is 14.2 Å². The van der Waals surface area contributed by atoms with Gasteiger partial charge < -0.3 is 14.2 Å². The smallest absolute Gasteiger partial charge is 0.286 e. The molecule has 1 rings (SSSR count). The van der Waals surface area contributed by atoms with E-state index < -0.39 is 5.97 Å². The highest BCUT2D eigenvalue weighted by molar-refractivity contribution is 5.81. The molecular formula is C23H44O4. The van der Waals surface area contributed by atoms with Crippen LogP contribution < -0.4 is 0 Å². The van der Waals surface area contributed by atoms with Crippen LogP contribution in [0.4, 0.5) is 0 Å². The number of ketones is 1.